The van der Waals surface area contributed by atoms with Gasteiger partial charge in [-0.15, -0.1) is 0 Å². The smallest absolute Gasteiger partial charge is 0.251 e. The average molecular weight is 384 g/mol. The fraction of sp³-hybridized carbons (Fsp3) is 0.333. The van der Waals surface area contributed by atoms with E-state index in [1.807, 2.05) is 36.4 Å². The molecule has 0 radical (unpaired) electrons. The fourth-order valence-corrected chi connectivity index (χ4v) is 3.72. The third kappa shape index (κ3) is 4.49. The second kappa shape index (κ2) is 8.11. The number of nitrogens with zero attached hydrogens (tertiary/aromatic N) is 2. The third-order valence-electron chi connectivity index (χ3n) is 5.13. The molecule has 2 aromatic heterocycles. The van der Waals surface area contributed by atoms with Crippen LogP contribution in [0.25, 0.3) is 10.9 Å². The first kappa shape index (κ1) is 18.0. The molecule has 1 aromatic carbocycles. The number of carbonyl (C=O) groups excluding carboxylic acids is 1. The number of furan rings is 1. The summed E-state index contributed by atoms with van der Waals surface area (Å²) >= 11 is 5.83. The molecule has 0 atom stereocenters. The standard InChI is InChI=1S/C21H22ClN3O2/c22-20-6-4-18(27-20)14-25-10-7-15(8-11-25)13-24-21(26)17-3-5-19-16(12-17)2-1-9-23-19/h1-6,9,12,15H,7-8,10-11,13-14H2,(H,24,26). The number of carbonyl (C=O) groups is 1. The summed E-state index contributed by atoms with van der Waals surface area (Å²) in [6, 6.07) is 13.2. The molecule has 1 aliphatic heterocycles. The third-order valence-corrected chi connectivity index (χ3v) is 5.34. The molecule has 1 N–H and O–H groups in total. The van der Waals surface area contributed by atoms with Gasteiger partial charge in [0.2, 0.25) is 0 Å². The Bertz CT molecular complexity index is 932. The Morgan fingerprint density at radius 3 is 2.85 bits per heavy atom. The monoisotopic (exact) mass is 383 g/mol. The maximum atomic E-state index is 12.5. The van der Waals surface area contributed by atoms with Crippen LogP contribution in [-0.2, 0) is 6.54 Å². The van der Waals surface area contributed by atoms with Gasteiger partial charge in [0, 0.05) is 23.7 Å². The lowest BCUT2D eigenvalue weighted by Gasteiger charge is -2.31. The molecule has 3 heterocycles. The molecule has 0 unspecified atom stereocenters. The molecule has 1 aliphatic rings. The number of hydrogen-bond donors (Lipinski definition) is 1. The molecule has 1 saturated heterocycles. The largest absolute Gasteiger partial charge is 0.448 e. The van der Waals surface area contributed by atoms with Crippen LogP contribution in [0.15, 0.2) is 53.1 Å². The summed E-state index contributed by atoms with van der Waals surface area (Å²) < 4.78 is 5.43. The Morgan fingerprint density at radius 1 is 1.22 bits per heavy atom. The van der Waals surface area contributed by atoms with Crippen LogP contribution in [0.3, 0.4) is 0 Å². The lowest BCUT2D eigenvalue weighted by molar-refractivity contribution is 0.0934. The zero-order chi connectivity index (χ0) is 18.6. The van der Waals surface area contributed by atoms with E-state index in [0.29, 0.717) is 23.2 Å². The van der Waals surface area contributed by atoms with Gasteiger partial charge >= 0.3 is 0 Å². The molecule has 3 aromatic rings. The van der Waals surface area contributed by atoms with Crippen LogP contribution in [0, 0.1) is 5.92 Å². The van der Waals surface area contributed by atoms with Crippen LogP contribution in [0.4, 0.5) is 0 Å². The first-order valence-corrected chi connectivity index (χ1v) is 9.65. The van der Waals surface area contributed by atoms with E-state index in [0.717, 1.165) is 49.1 Å². The molecule has 1 fully saturated rings. The highest BCUT2D eigenvalue weighted by Crippen LogP contribution is 2.21. The van der Waals surface area contributed by atoms with Crippen molar-refractivity contribution >= 4 is 28.4 Å². The number of piperidine rings is 1. The molecular weight excluding hydrogens is 362 g/mol. The summed E-state index contributed by atoms with van der Waals surface area (Å²) in [5.41, 5.74) is 1.59. The Hall–Kier alpha value is -2.37. The molecule has 27 heavy (non-hydrogen) atoms. The molecule has 0 aliphatic carbocycles. The molecule has 5 nitrogen and oxygen atoms in total. The minimum absolute atomic E-state index is 0.0200. The maximum absolute atomic E-state index is 12.5. The van der Waals surface area contributed by atoms with E-state index < -0.39 is 0 Å². The van der Waals surface area contributed by atoms with Gasteiger partial charge in [-0.05, 0) is 79.8 Å². The van der Waals surface area contributed by atoms with Crippen molar-refractivity contribution in [1.82, 2.24) is 15.2 Å². The molecule has 0 saturated carbocycles. The number of rotatable bonds is 5. The predicted molar refractivity (Wildman–Crippen MR) is 106 cm³/mol. The summed E-state index contributed by atoms with van der Waals surface area (Å²) in [5, 5.41) is 4.51. The first-order valence-electron chi connectivity index (χ1n) is 9.27. The number of fused-ring (bicyclic) bond motifs is 1. The van der Waals surface area contributed by atoms with Gasteiger partial charge in [-0.1, -0.05) is 6.07 Å². The number of aromatic nitrogens is 1. The van der Waals surface area contributed by atoms with Crippen LogP contribution in [0.1, 0.15) is 29.0 Å². The number of benzene rings is 1. The van der Waals surface area contributed by atoms with Crippen molar-refractivity contribution in [3.8, 4) is 0 Å². The Balaban J connectivity index is 1.26. The highest BCUT2D eigenvalue weighted by Gasteiger charge is 2.21. The maximum Gasteiger partial charge on any atom is 0.251 e. The number of pyridine rings is 1. The zero-order valence-corrected chi connectivity index (χ0v) is 15.8. The second-order valence-electron chi connectivity index (χ2n) is 7.05. The van der Waals surface area contributed by atoms with Crippen LogP contribution >= 0.6 is 11.6 Å². The van der Waals surface area contributed by atoms with Crippen LogP contribution < -0.4 is 5.32 Å². The molecule has 6 heteroatoms. The van der Waals surface area contributed by atoms with Crippen molar-refractivity contribution in [1.29, 1.82) is 0 Å². The van der Waals surface area contributed by atoms with Crippen molar-refractivity contribution < 1.29 is 9.21 Å². The first-order chi connectivity index (χ1) is 13.2. The number of likely N-dealkylation sites (tertiary alicyclic amines) is 1. The Morgan fingerprint density at radius 2 is 2.07 bits per heavy atom. The number of nitrogens with one attached hydrogen (secondary N) is 1. The summed E-state index contributed by atoms with van der Waals surface area (Å²) in [6.45, 7) is 3.50. The van der Waals surface area contributed by atoms with Crippen molar-refractivity contribution in [2.45, 2.75) is 19.4 Å². The van der Waals surface area contributed by atoms with E-state index in [2.05, 4.69) is 15.2 Å². The topological polar surface area (TPSA) is 58.4 Å². The molecule has 140 valence electrons. The van der Waals surface area contributed by atoms with Crippen molar-refractivity contribution in [2.75, 3.05) is 19.6 Å². The lowest BCUT2D eigenvalue weighted by Crippen LogP contribution is -2.38. The summed E-state index contributed by atoms with van der Waals surface area (Å²) in [4.78, 5) is 19.1. The van der Waals surface area contributed by atoms with Gasteiger partial charge in [0.15, 0.2) is 5.22 Å². The van der Waals surface area contributed by atoms with E-state index in [1.54, 1.807) is 12.3 Å². The molecular formula is C21H22ClN3O2. The Labute approximate surface area is 163 Å². The predicted octanol–water partition coefficient (Wildman–Crippen LogP) is 4.12. The van der Waals surface area contributed by atoms with Gasteiger partial charge in [0.1, 0.15) is 5.76 Å². The van der Waals surface area contributed by atoms with Crippen LogP contribution in [-0.4, -0.2) is 35.4 Å². The van der Waals surface area contributed by atoms with E-state index in [4.69, 9.17) is 16.0 Å². The SMILES string of the molecule is O=C(NCC1CCN(Cc2ccc(Cl)o2)CC1)c1ccc2ncccc2c1. The van der Waals surface area contributed by atoms with E-state index in [9.17, 15) is 4.79 Å². The van der Waals surface area contributed by atoms with Gasteiger partial charge < -0.3 is 9.73 Å². The minimum atomic E-state index is -0.0200. The molecule has 4 rings (SSSR count). The highest BCUT2D eigenvalue weighted by molar-refractivity contribution is 6.28. The highest BCUT2D eigenvalue weighted by atomic mass is 35.5. The summed E-state index contributed by atoms with van der Waals surface area (Å²) in [6.07, 6.45) is 3.89. The number of halogens is 1. The minimum Gasteiger partial charge on any atom is -0.448 e. The van der Waals surface area contributed by atoms with Gasteiger partial charge in [-0.25, -0.2) is 0 Å². The summed E-state index contributed by atoms with van der Waals surface area (Å²) in [5.74, 6) is 1.39. The summed E-state index contributed by atoms with van der Waals surface area (Å²) in [7, 11) is 0. The molecule has 0 spiro atoms. The normalized spacial score (nSPS) is 15.9. The van der Waals surface area contributed by atoms with Crippen LogP contribution in [0.2, 0.25) is 5.22 Å². The fourth-order valence-electron chi connectivity index (χ4n) is 3.56. The quantitative estimate of drug-likeness (QED) is 0.719. The van der Waals surface area contributed by atoms with Crippen molar-refractivity contribution in [3.63, 3.8) is 0 Å². The van der Waals surface area contributed by atoms with Crippen molar-refractivity contribution in [2.24, 2.45) is 5.92 Å². The lowest BCUT2D eigenvalue weighted by atomic mass is 9.96. The van der Waals surface area contributed by atoms with Gasteiger partial charge in [0.05, 0.1) is 12.1 Å². The van der Waals surface area contributed by atoms with Crippen LogP contribution in [0.5, 0.6) is 0 Å². The Kier molecular flexibility index (Phi) is 5.41. The van der Waals surface area contributed by atoms with Gasteiger partial charge in [-0.2, -0.15) is 0 Å². The van der Waals surface area contributed by atoms with Crippen molar-refractivity contribution in [3.05, 3.63) is 65.2 Å². The zero-order valence-electron chi connectivity index (χ0n) is 15.0. The van der Waals surface area contributed by atoms with E-state index >= 15 is 0 Å². The van der Waals surface area contributed by atoms with Gasteiger partial charge in [0.25, 0.3) is 5.91 Å². The number of amides is 1. The van der Waals surface area contributed by atoms with Gasteiger partial charge in [-0.3, -0.25) is 14.7 Å². The van der Waals surface area contributed by atoms with E-state index in [-0.39, 0.29) is 5.91 Å². The molecule has 1 amide bonds. The second-order valence-corrected chi connectivity index (χ2v) is 7.42. The average Bonchev–Trinajstić information content (AvgIpc) is 3.11. The number of hydrogen-bond acceptors (Lipinski definition) is 4. The molecule has 0 bridgehead atoms. The van der Waals surface area contributed by atoms with E-state index in [1.165, 1.54) is 0 Å².